The van der Waals surface area contributed by atoms with E-state index in [1.807, 2.05) is 49.0 Å². The van der Waals surface area contributed by atoms with E-state index in [0.29, 0.717) is 36.3 Å². The Morgan fingerprint density at radius 2 is 1.67 bits per heavy atom. The average molecular weight is 1020 g/mol. The van der Waals surface area contributed by atoms with E-state index in [0.717, 1.165) is 100 Å². The summed E-state index contributed by atoms with van der Waals surface area (Å²) >= 11 is 6.74. The number of urea groups is 1. The van der Waals surface area contributed by atoms with E-state index in [1.54, 1.807) is 4.90 Å². The Hall–Kier alpha value is -5.65. The lowest BCUT2D eigenvalue weighted by Gasteiger charge is -2.39. The number of amides is 4. The van der Waals surface area contributed by atoms with Crippen LogP contribution in [0.4, 0.5) is 19.4 Å². The zero-order valence-corrected chi connectivity index (χ0v) is 42.6. The fourth-order valence-corrected chi connectivity index (χ4v) is 12.7. The van der Waals surface area contributed by atoms with Gasteiger partial charge in [-0.1, -0.05) is 54.9 Å². The number of aromatic nitrogens is 2. The van der Waals surface area contributed by atoms with Gasteiger partial charge in [0, 0.05) is 73.2 Å². The molecule has 4 aromatic carbocycles. The van der Waals surface area contributed by atoms with Gasteiger partial charge in [0.2, 0.25) is 11.8 Å². The molecule has 2 atom stereocenters. The van der Waals surface area contributed by atoms with Crippen LogP contribution in [0.2, 0.25) is 5.02 Å². The molecular weight excluding hydrogens is 954 g/mol. The lowest BCUT2D eigenvalue weighted by Crippen LogP contribution is -2.49. The van der Waals surface area contributed by atoms with Crippen molar-refractivity contribution in [1.82, 2.24) is 30.2 Å². The van der Waals surface area contributed by atoms with Crippen LogP contribution >= 0.6 is 11.6 Å². The molecule has 5 heterocycles. The summed E-state index contributed by atoms with van der Waals surface area (Å²) in [5.74, 6) is -0.960. The van der Waals surface area contributed by atoms with Gasteiger partial charge in [-0.05, 0) is 144 Å². The number of carbonyl (C=O) groups is 3. The minimum Gasteiger partial charge on any atom is -0.488 e. The first-order chi connectivity index (χ1) is 35.3. The molecule has 0 radical (unpaired) electrons. The van der Waals surface area contributed by atoms with Gasteiger partial charge in [-0.15, -0.1) is 0 Å². The molecule has 4 amide bonds. The number of fused-ring (bicyclic) bond motifs is 2. The number of nitrogens with zero attached hydrogens (tertiary/aromatic N) is 5. The van der Waals surface area contributed by atoms with Gasteiger partial charge in [-0.2, -0.15) is 5.10 Å². The Morgan fingerprint density at radius 3 is 2.38 bits per heavy atom. The number of imide groups is 1. The van der Waals surface area contributed by atoms with Gasteiger partial charge in [0.15, 0.2) is 23.0 Å². The standard InChI is InChI=1S/C56H67ClF2N8O6/c1-34-48-46(31-43(58)51(57)50(48)49-42(53(60)70)14-15-45(52(49)59)72-29-28-68)73-56(34,39-6-4-3-5-7-39)33-61-40-11-8-36(9-12-40)32-66-23-17-35(18-24-66)16-22-65-25-19-37(20-26-65)38-10-13-41-44(30-38)64(2)63-54(41)67-27-21-47(69)62-55(67)71/h3-7,10,13-15,30-31,34-37,40,61,68H,8-9,11-12,16-29,32-33H2,1-2H3,(H2,60,70)(H,62,69,71). The van der Waals surface area contributed by atoms with Crippen molar-refractivity contribution in [3.05, 3.63) is 106 Å². The molecule has 388 valence electrons. The normalized spacial score (nSPS) is 23.4. The molecule has 1 aromatic heterocycles. The quantitative estimate of drug-likeness (QED) is 0.0752. The molecule has 17 heteroatoms. The highest BCUT2D eigenvalue weighted by atomic mass is 35.5. The molecule has 0 bridgehead atoms. The Labute approximate surface area is 430 Å². The number of aliphatic hydroxyl groups is 1. The third-order valence-electron chi connectivity index (χ3n) is 16.7. The molecule has 1 aliphatic carbocycles. The van der Waals surface area contributed by atoms with Gasteiger partial charge in [-0.25, -0.2) is 13.6 Å². The van der Waals surface area contributed by atoms with E-state index in [9.17, 15) is 19.5 Å². The van der Waals surface area contributed by atoms with E-state index >= 15 is 8.78 Å². The van der Waals surface area contributed by atoms with Crippen molar-refractivity contribution in [3.63, 3.8) is 0 Å². The number of primary amides is 1. The Morgan fingerprint density at radius 1 is 0.932 bits per heavy atom. The summed E-state index contributed by atoms with van der Waals surface area (Å²) in [5, 5.41) is 20.9. The highest BCUT2D eigenvalue weighted by Crippen LogP contribution is 2.56. The maximum atomic E-state index is 16.5. The molecule has 5 N–H and O–H groups in total. The van der Waals surface area contributed by atoms with Crippen LogP contribution in [-0.2, 0) is 17.4 Å². The summed E-state index contributed by atoms with van der Waals surface area (Å²) in [5.41, 5.74) is 7.95. The van der Waals surface area contributed by atoms with Gasteiger partial charge in [0.25, 0.3) is 0 Å². The summed E-state index contributed by atoms with van der Waals surface area (Å²) < 4.78 is 46.5. The zero-order chi connectivity index (χ0) is 51.0. The Kier molecular flexibility index (Phi) is 15.1. The summed E-state index contributed by atoms with van der Waals surface area (Å²) in [4.78, 5) is 44.0. The average Bonchev–Trinajstić information content (AvgIpc) is 3.88. The highest BCUT2D eigenvalue weighted by Gasteiger charge is 2.50. The molecule has 14 nitrogen and oxygen atoms in total. The van der Waals surface area contributed by atoms with E-state index in [1.165, 1.54) is 43.0 Å². The van der Waals surface area contributed by atoms with Crippen molar-refractivity contribution in [2.45, 2.75) is 94.6 Å². The number of aryl methyl sites for hydroxylation is 1. The Bertz CT molecular complexity index is 2840. The number of halogens is 3. The Balaban J connectivity index is 0.703. The number of anilines is 1. The van der Waals surface area contributed by atoms with Crippen LogP contribution in [0, 0.1) is 23.5 Å². The number of hydrogen-bond donors (Lipinski definition) is 4. The van der Waals surface area contributed by atoms with Gasteiger partial charge in [-0.3, -0.25) is 24.5 Å². The first-order valence-electron chi connectivity index (χ1n) is 26.2. The number of hydrogen-bond acceptors (Lipinski definition) is 10. The van der Waals surface area contributed by atoms with E-state index < -0.39 is 35.1 Å². The first-order valence-corrected chi connectivity index (χ1v) is 26.6. The molecule has 5 aromatic rings. The molecule has 73 heavy (non-hydrogen) atoms. The highest BCUT2D eigenvalue weighted by molar-refractivity contribution is 6.34. The largest absolute Gasteiger partial charge is 0.488 e. The van der Waals surface area contributed by atoms with Crippen LogP contribution in [-0.4, -0.2) is 114 Å². The monoisotopic (exact) mass is 1020 g/mol. The smallest absolute Gasteiger partial charge is 0.329 e. The van der Waals surface area contributed by atoms with Crippen LogP contribution in [0.3, 0.4) is 0 Å². The maximum Gasteiger partial charge on any atom is 0.329 e. The van der Waals surface area contributed by atoms with Crippen LogP contribution in [0.15, 0.2) is 66.7 Å². The van der Waals surface area contributed by atoms with Crippen LogP contribution in [0.5, 0.6) is 11.5 Å². The number of piperidine rings is 2. The SMILES string of the molecule is CC1c2c(cc(F)c(Cl)c2-c2c(C(N)=O)ccc(OCCO)c2F)OC1(CNC1CCC(CN2CCC(CCN3CCC(c4ccc5c(N6CCC(=O)NC6=O)nn(C)c5c4)CC3)CC2)CC1)c1ccccc1. The molecule has 4 aliphatic heterocycles. The third-order valence-corrected chi connectivity index (χ3v) is 17.1. The van der Waals surface area contributed by atoms with Gasteiger partial charge in [0.05, 0.1) is 22.7 Å². The molecule has 5 aliphatic rings. The summed E-state index contributed by atoms with van der Waals surface area (Å²) in [6.07, 6.45) is 10.5. The molecule has 10 rings (SSSR count). The van der Waals surface area contributed by atoms with Crippen LogP contribution < -0.4 is 30.7 Å². The molecule has 3 saturated heterocycles. The van der Waals surface area contributed by atoms with Crippen LogP contribution in [0.25, 0.3) is 22.0 Å². The molecular formula is C56H67ClF2N8O6. The lowest BCUT2D eigenvalue weighted by atomic mass is 9.77. The summed E-state index contributed by atoms with van der Waals surface area (Å²) in [7, 11) is 1.91. The van der Waals surface area contributed by atoms with Gasteiger partial charge >= 0.3 is 6.03 Å². The second kappa shape index (κ2) is 21.7. The number of nitrogens with one attached hydrogen (secondary N) is 2. The number of ether oxygens (including phenoxy) is 2. The number of likely N-dealkylation sites (tertiary alicyclic amines) is 2. The molecule has 0 spiro atoms. The van der Waals surface area contributed by atoms with E-state index in [-0.39, 0.29) is 64.8 Å². The lowest BCUT2D eigenvalue weighted by molar-refractivity contribution is -0.120. The second-order valence-corrected chi connectivity index (χ2v) is 21.4. The third kappa shape index (κ3) is 10.3. The van der Waals surface area contributed by atoms with E-state index in [2.05, 4.69) is 43.7 Å². The number of benzene rings is 4. The van der Waals surface area contributed by atoms with Gasteiger partial charge in [0.1, 0.15) is 18.2 Å². The maximum absolute atomic E-state index is 16.5. The van der Waals surface area contributed by atoms with E-state index in [4.69, 9.17) is 26.8 Å². The van der Waals surface area contributed by atoms with Crippen molar-refractivity contribution in [2.75, 3.05) is 70.5 Å². The predicted molar refractivity (Wildman–Crippen MR) is 277 cm³/mol. The predicted octanol–water partition coefficient (Wildman–Crippen LogP) is 8.61. The van der Waals surface area contributed by atoms with Crippen LogP contribution in [0.1, 0.15) is 110 Å². The number of carbonyl (C=O) groups excluding carboxylic acids is 3. The molecule has 2 unspecified atom stereocenters. The minimum absolute atomic E-state index is 0.00881. The number of aliphatic hydroxyl groups excluding tert-OH is 1. The van der Waals surface area contributed by atoms with Crippen molar-refractivity contribution in [1.29, 1.82) is 0 Å². The molecule has 4 fully saturated rings. The van der Waals surface area contributed by atoms with Crippen molar-refractivity contribution >= 4 is 46.2 Å². The zero-order valence-electron chi connectivity index (χ0n) is 41.8. The number of nitrogens with two attached hydrogens (primary N) is 1. The topological polar surface area (TPSA) is 168 Å². The first kappa shape index (κ1) is 50.9. The number of rotatable bonds is 16. The van der Waals surface area contributed by atoms with Crippen molar-refractivity contribution in [3.8, 4) is 22.6 Å². The summed E-state index contributed by atoms with van der Waals surface area (Å²) in [6.45, 7) is 8.90. The fourth-order valence-electron chi connectivity index (χ4n) is 12.5. The second-order valence-electron chi connectivity index (χ2n) is 21.0. The van der Waals surface area contributed by atoms with Crippen molar-refractivity contribution in [2.24, 2.45) is 24.6 Å². The van der Waals surface area contributed by atoms with Crippen molar-refractivity contribution < 1.29 is 37.7 Å². The molecule has 1 saturated carbocycles. The van der Waals surface area contributed by atoms with Gasteiger partial charge < -0.3 is 35.4 Å². The minimum atomic E-state index is -1.02. The summed E-state index contributed by atoms with van der Waals surface area (Å²) in [6, 6.07) is 19.9. The fraction of sp³-hybridized carbons (Fsp3) is 0.500.